The number of halogens is 4. The zero-order chi connectivity index (χ0) is 18.2. The monoisotopic (exact) mass is 370 g/mol. The summed E-state index contributed by atoms with van der Waals surface area (Å²) >= 11 is 6.17. The molecule has 5 nitrogen and oxygen atoms in total. The van der Waals surface area contributed by atoms with E-state index in [0.29, 0.717) is 27.3 Å². The molecule has 0 spiro atoms. The number of aliphatic hydroxyl groups is 1. The number of rotatable bonds is 4. The fourth-order valence-electron chi connectivity index (χ4n) is 2.47. The first-order chi connectivity index (χ1) is 11.8. The maximum Gasteiger partial charge on any atom is 0.416 e. The molecule has 0 saturated heterocycles. The molecule has 9 heteroatoms. The molecule has 1 atom stereocenters. The molecule has 0 radical (unpaired) electrons. The Morgan fingerprint density at radius 1 is 1.24 bits per heavy atom. The first-order valence-electron chi connectivity index (χ1n) is 7.36. The average Bonchev–Trinajstić information content (AvgIpc) is 2.85. The highest BCUT2D eigenvalue weighted by molar-refractivity contribution is 6.36. The van der Waals surface area contributed by atoms with E-state index in [1.54, 1.807) is 10.9 Å². The molecule has 0 bridgehead atoms. The van der Waals surface area contributed by atoms with E-state index >= 15 is 0 Å². The van der Waals surface area contributed by atoms with E-state index in [0.717, 1.165) is 12.1 Å². The third-order valence-corrected chi connectivity index (χ3v) is 3.86. The van der Waals surface area contributed by atoms with E-state index in [9.17, 15) is 18.3 Å². The molecule has 3 aromatic rings. The Hall–Kier alpha value is -2.32. The Kier molecular flexibility index (Phi) is 4.57. The second-order valence-electron chi connectivity index (χ2n) is 5.54. The van der Waals surface area contributed by atoms with Crippen LogP contribution in [0.25, 0.3) is 10.9 Å². The van der Waals surface area contributed by atoms with E-state index in [2.05, 4.69) is 15.4 Å². The minimum Gasteiger partial charge on any atom is -0.374 e. The molecule has 1 unspecified atom stereocenters. The Morgan fingerprint density at radius 2 is 1.92 bits per heavy atom. The molecular weight excluding hydrogens is 357 g/mol. The van der Waals surface area contributed by atoms with Crippen LogP contribution in [0.4, 0.5) is 19.0 Å². The van der Waals surface area contributed by atoms with Crippen molar-refractivity contribution in [3.63, 3.8) is 0 Å². The number of nitrogens with one attached hydrogen (secondary N) is 1. The van der Waals surface area contributed by atoms with Crippen molar-refractivity contribution >= 4 is 28.3 Å². The Labute approximate surface area is 146 Å². The lowest BCUT2D eigenvalue weighted by atomic mass is 10.1. The number of fused-ring (bicyclic) bond motifs is 1. The molecule has 0 saturated carbocycles. The highest BCUT2D eigenvalue weighted by atomic mass is 35.5. The lowest BCUT2D eigenvalue weighted by Crippen LogP contribution is -2.14. The van der Waals surface area contributed by atoms with Crippen LogP contribution in [0.5, 0.6) is 0 Å². The predicted octanol–water partition coefficient (Wildman–Crippen LogP) is 3.90. The molecule has 0 amide bonds. The van der Waals surface area contributed by atoms with E-state index in [1.807, 2.05) is 0 Å². The Balaban J connectivity index is 1.97. The fraction of sp³-hybridized carbons (Fsp3) is 0.250. The quantitative estimate of drug-likeness (QED) is 0.684. The van der Waals surface area contributed by atoms with Crippen molar-refractivity contribution in [1.82, 2.24) is 14.8 Å². The van der Waals surface area contributed by atoms with Gasteiger partial charge in [-0.1, -0.05) is 23.7 Å². The maximum atomic E-state index is 12.7. The van der Waals surface area contributed by atoms with Crippen LogP contribution in [0, 0.1) is 0 Å². The van der Waals surface area contributed by atoms with Gasteiger partial charge in [0.25, 0.3) is 0 Å². The van der Waals surface area contributed by atoms with Crippen LogP contribution in [0.3, 0.4) is 0 Å². The molecule has 2 N–H and O–H groups in total. The standard InChI is InChI=1S/C16H14ClF3N4O/c1-9(25)22-15-14-12(17)6-21-7-13(14)24(23-15)8-10-2-4-11(5-3-10)16(18,19)20/h2-7,9,25H,8H2,1H3,(H,22,23). The zero-order valence-corrected chi connectivity index (χ0v) is 13.8. The molecule has 1 aromatic carbocycles. The first-order valence-corrected chi connectivity index (χ1v) is 7.74. The summed E-state index contributed by atoms with van der Waals surface area (Å²) in [6.45, 7) is 1.77. The SMILES string of the molecule is CC(O)Nc1nn(Cc2ccc(C(F)(F)F)cc2)c2cncc(Cl)c12. The van der Waals surface area contributed by atoms with Gasteiger partial charge in [0.15, 0.2) is 5.82 Å². The van der Waals surface area contributed by atoms with Crippen molar-refractivity contribution in [2.75, 3.05) is 5.32 Å². The zero-order valence-electron chi connectivity index (χ0n) is 13.0. The van der Waals surface area contributed by atoms with Gasteiger partial charge in [0.1, 0.15) is 6.23 Å². The number of nitrogens with zero attached hydrogens (tertiary/aromatic N) is 3. The van der Waals surface area contributed by atoms with Gasteiger partial charge in [-0.15, -0.1) is 0 Å². The summed E-state index contributed by atoms with van der Waals surface area (Å²) in [5.74, 6) is 0.379. The maximum absolute atomic E-state index is 12.7. The van der Waals surface area contributed by atoms with Crippen molar-refractivity contribution in [3.05, 3.63) is 52.8 Å². The topological polar surface area (TPSA) is 63.0 Å². The van der Waals surface area contributed by atoms with Gasteiger partial charge in [0, 0.05) is 6.20 Å². The van der Waals surface area contributed by atoms with Crippen LogP contribution in [-0.2, 0) is 12.7 Å². The highest BCUT2D eigenvalue weighted by Gasteiger charge is 2.30. The highest BCUT2D eigenvalue weighted by Crippen LogP contribution is 2.31. The van der Waals surface area contributed by atoms with Gasteiger partial charge in [-0.25, -0.2) is 0 Å². The number of pyridine rings is 1. The summed E-state index contributed by atoms with van der Waals surface area (Å²) in [6, 6.07) is 4.86. The number of anilines is 1. The molecule has 0 fully saturated rings. The number of aliphatic hydroxyl groups excluding tert-OH is 1. The summed E-state index contributed by atoms with van der Waals surface area (Å²) < 4.78 is 39.5. The third kappa shape index (κ3) is 3.69. The lowest BCUT2D eigenvalue weighted by molar-refractivity contribution is -0.137. The number of alkyl halides is 3. The van der Waals surface area contributed by atoms with Crippen molar-refractivity contribution in [2.24, 2.45) is 0 Å². The van der Waals surface area contributed by atoms with E-state index in [-0.39, 0.29) is 6.54 Å². The van der Waals surface area contributed by atoms with Crippen LogP contribution >= 0.6 is 11.6 Å². The first kappa shape index (κ1) is 17.5. The molecule has 132 valence electrons. The van der Waals surface area contributed by atoms with Gasteiger partial charge in [-0.3, -0.25) is 9.67 Å². The van der Waals surface area contributed by atoms with Gasteiger partial charge in [-0.05, 0) is 24.6 Å². The van der Waals surface area contributed by atoms with Crippen LogP contribution in [0.1, 0.15) is 18.1 Å². The van der Waals surface area contributed by atoms with Crippen LogP contribution in [0.15, 0.2) is 36.7 Å². The van der Waals surface area contributed by atoms with Crippen LogP contribution in [-0.4, -0.2) is 26.1 Å². The Morgan fingerprint density at radius 3 is 2.52 bits per heavy atom. The molecular formula is C16H14ClF3N4O. The molecule has 0 aliphatic rings. The minimum absolute atomic E-state index is 0.234. The molecule has 0 aliphatic carbocycles. The number of hydrogen-bond donors (Lipinski definition) is 2. The van der Waals surface area contributed by atoms with Gasteiger partial charge < -0.3 is 10.4 Å². The van der Waals surface area contributed by atoms with Crippen LogP contribution in [0.2, 0.25) is 5.02 Å². The van der Waals surface area contributed by atoms with Crippen LogP contribution < -0.4 is 5.32 Å². The second kappa shape index (κ2) is 6.53. The average molecular weight is 371 g/mol. The predicted molar refractivity (Wildman–Crippen MR) is 88.4 cm³/mol. The number of benzene rings is 1. The smallest absolute Gasteiger partial charge is 0.374 e. The van der Waals surface area contributed by atoms with Gasteiger partial charge in [0.05, 0.1) is 34.2 Å². The second-order valence-corrected chi connectivity index (χ2v) is 5.94. The largest absolute Gasteiger partial charge is 0.416 e. The van der Waals surface area contributed by atoms with Crippen molar-refractivity contribution in [3.8, 4) is 0 Å². The number of aromatic nitrogens is 3. The molecule has 3 rings (SSSR count). The van der Waals surface area contributed by atoms with E-state index in [4.69, 9.17) is 11.6 Å². The minimum atomic E-state index is -4.37. The van der Waals surface area contributed by atoms with Gasteiger partial charge in [-0.2, -0.15) is 18.3 Å². The van der Waals surface area contributed by atoms with E-state index in [1.165, 1.54) is 25.3 Å². The summed E-state index contributed by atoms with van der Waals surface area (Å²) in [7, 11) is 0. The van der Waals surface area contributed by atoms with Gasteiger partial charge >= 0.3 is 6.18 Å². The Bertz CT molecular complexity index is 891. The van der Waals surface area contributed by atoms with E-state index < -0.39 is 18.0 Å². The molecule has 2 aromatic heterocycles. The summed E-state index contributed by atoms with van der Waals surface area (Å²) in [4.78, 5) is 4.02. The van der Waals surface area contributed by atoms with Crippen molar-refractivity contribution in [2.45, 2.75) is 25.9 Å². The normalized spacial score (nSPS) is 13.2. The fourth-order valence-corrected chi connectivity index (χ4v) is 2.71. The number of hydrogen-bond acceptors (Lipinski definition) is 4. The van der Waals surface area contributed by atoms with Crippen molar-refractivity contribution < 1.29 is 18.3 Å². The third-order valence-electron chi connectivity index (χ3n) is 3.57. The molecule has 0 aliphatic heterocycles. The van der Waals surface area contributed by atoms with Crippen molar-refractivity contribution in [1.29, 1.82) is 0 Å². The summed E-state index contributed by atoms with van der Waals surface area (Å²) in [5.41, 5.74) is 0.541. The molecule has 2 heterocycles. The molecule has 25 heavy (non-hydrogen) atoms. The summed E-state index contributed by atoms with van der Waals surface area (Å²) in [6.07, 6.45) is -2.20. The van der Waals surface area contributed by atoms with Gasteiger partial charge in [0.2, 0.25) is 0 Å². The lowest BCUT2D eigenvalue weighted by Gasteiger charge is -2.08. The summed E-state index contributed by atoms with van der Waals surface area (Å²) in [5, 5.41) is 17.6.